The van der Waals surface area contributed by atoms with Gasteiger partial charge in [-0.1, -0.05) is 0 Å². The zero-order chi connectivity index (χ0) is 7.56. The van der Waals surface area contributed by atoms with Crippen molar-refractivity contribution >= 4 is 34.9 Å². The molecule has 0 heterocycles. The third-order valence-corrected chi connectivity index (χ3v) is 2.05. The number of para-hydroxylation sites is 1. The summed E-state index contributed by atoms with van der Waals surface area (Å²) in [5, 5.41) is 9.22. The molecular weight excluding hydrogens is 258 g/mol. The summed E-state index contributed by atoms with van der Waals surface area (Å²) in [5.74, 6) is 0.301. The van der Waals surface area contributed by atoms with Gasteiger partial charge in [0.15, 0.2) is 0 Å². The Morgan fingerprint density at radius 2 is 1.90 bits per heavy atom. The number of aromatic hydroxyl groups is 1. The summed E-state index contributed by atoms with van der Waals surface area (Å²) in [6.07, 6.45) is 0. The predicted octanol–water partition coefficient (Wildman–Crippen LogP) is 0.207. The molecule has 1 rings (SSSR count). The van der Waals surface area contributed by atoms with Gasteiger partial charge in [0.1, 0.15) is 0 Å². The van der Waals surface area contributed by atoms with Gasteiger partial charge in [0.05, 0.1) is 0 Å². The van der Waals surface area contributed by atoms with Crippen molar-refractivity contribution in [3.63, 3.8) is 0 Å². The van der Waals surface area contributed by atoms with Gasteiger partial charge in [-0.25, -0.2) is 0 Å². The SMILES string of the molecule is Oc1ccccc1C([Se])=[Se]. The van der Waals surface area contributed by atoms with E-state index >= 15 is 0 Å². The Hall–Kier alpha value is -0.0710. The molecule has 0 unspecified atom stereocenters. The van der Waals surface area contributed by atoms with E-state index in [0.29, 0.717) is 5.75 Å². The first-order chi connectivity index (χ1) is 4.72. The van der Waals surface area contributed by atoms with Crippen LogP contribution in [0.2, 0.25) is 0 Å². The van der Waals surface area contributed by atoms with Gasteiger partial charge in [0.2, 0.25) is 0 Å². The molecule has 1 aromatic rings. The average Bonchev–Trinajstić information content (AvgIpc) is 1.88. The van der Waals surface area contributed by atoms with E-state index in [1.165, 1.54) is 0 Å². The van der Waals surface area contributed by atoms with Gasteiger partial charge >= 0.3 is 75.6 Å². The summed E-state index contributed by atoms with van der Waals surface area (Å²) < 4.78 is 0.887. The van der Waals surface area contributed by atoms with Crippen molar-refractivity contribution in [2.45, 2.75) is 0 Å². The molecule has 0 aliphatic carbocycles. The van der Waals surface area contributed by atoms with Crippen molar-refractivity contribution in [3.05, 3.63) is 29.8 Å². The zero-order valence-electron chi connectivity index (χ0n) is 5.07. The number of hydrogen-bond donors (Lipinski definition) is 1. The Labute approximate surface area is 75.6 Å². The molecule has 0 spiro atoms. The number of benzene rings is 1. The van der Waals surface area contributed by atoms with E-state index in [1.807, 2.05) is 12.1 Å². The molecule has 0 saturated carbocycles. The Morgan fingerprint density at radius 3 is 2.30 bits per heavy atom. The molecule has 0 amide bonds. The fraction of sp³-hybridized carbons (Fsp3) is 0. The fourth-order valence-electron chi connectivity index (χ4n) is 0.646. The van der Waals surface area contributed by atoms with Crippen molar-refractivity contribution in [1.29, 1.82) is 0 Å². The topological polar surface area (TPSA) is 20.2 Å². The minimum atomic E-state index is 0.301. The molecule has 0 atom stereocenters. The second-order valence-corrected chi connectivity index (χ2v) is 4.83. The molecule has 1 N–H and O–H groups in total. The Morgan fingerprint density at radius 1 is 1.30 bits per heavy atom. The van der Waals surface area contributed by atoms with Crippen LogP contribution in [0.25, 0.3) is 0 Å². The van der Waals surface area contributed by atoms with Crippen LogP contribution in [0.5, 0.6) is 5.75 Å². The van der Waals surface area contributed by atoms with Gasteiger partial charge in [-0.15, -0.1) is 0 Å². The molecule has 3 heteroatoms. The number of rotatable bonds is 1. The second kappa shape index (κ2) is 3.36. The monoisotopic (exact) mass is 265 g/mol. The summed E-state index contributed by atoms with van der Waals surface area (Å²) >= 11 is 5.60. The van der Waals surface area contributed by atoms with Crippen LogP contribution in [0.3, 0.4) is 0 Å². The van der Waals surface area contributed by atoms with Crippen molar-refractivity contribution in [2.24, 2.45) is 0 Å². The van der Waals surface area contributed by atoms with Crippen LogP contribution in [0.4, 0.5) is 0 Å². The minimum absolute atomic E-state index is 0.301. The molecule has 0 saturated heterocycles. The summed E-state index contributed by atoms with van der Waals surface area (Å²) in [4.78, 5) is 0. The first kappa shape index (κ1) is 8.03. The molecule has 0 fully saturated rings. The molecule has 0 aliphatic rings. The molecule has 10 heavy (non-hydrogen) atoms. The van der Waals surface area contributed by atoms with E-state index in [4.69, 9.17) is 0 Å². The maximum absolute atomic E-state index is 9.22. The van der Waals surface area contributed by atoms with Crippen molar-refractivity contribution in [1.82, 2.24) is 0 Å². The average molecular weight is 263 g/mol. The summed E-state index contributed by atoms with van der Waals surface area (Å²) in [6.45, 7) is 0. The predicted molar refractivity (Wildman–Crippen MR) is 43.7 cm³/mol. The summed E-state index contributed by atoms with van der Waals surface area (Å²) in [7, 11) is 0. The van der Waals surface area contributed by atoms with Crippen molar-refractivity contribution in [3.8, 4) is 5.75 Å². The zero-order valence-corrected chi connectivity index (χ0v) is 8.50. The van der Waals surface area contributed by atoms with Gasteiger partial charge in [-0.05, 0) is 0 Å². The molecular formula is C7H5OSe2. The quantitative estimate of drug-likeness (QED) is 0.718. The van der Waals surface area contributed by atoms with Gasteiger partial charge < -0.3 is 0 Å². The van der Waals surface area contributed by atoms with E-state index in [-0.39, 0.29) is 0 Å². The van der Waals surface area contributed by atoms with Crippen LogP contribution in [-0.2, 0) is 0 Å². The molecule has 51 valence electrons. The first-order valence-electron chi connectivity index (χ1n) is 2.71. The van der Waals surface area contributed by atoms with Crippen LogP contribution in [-0.4, -0.2) is 40.0 Å². The van der Waals surface area contributed by atoms with Gasteiger partial charge in [0.25, 0.3) is 0 Å². The van der Waals surface area contributed by atoms with Crippen molar-refractivity contribution < 1.29 is 5.11 Å². The van der Waals surface area contributed by atoms with Gasteiger partial charge in [-0.2, -0.15) is 0 Å². The molecule has 1 aromatic carbocycles. The van der Waals surface area contributed by atoms with E-state index in [9.17, 15) is 5.11 Å². The van der Waals surface area contributed by atoms with Crippen molar-refractivity contribution in [2.75, 3.05) is 0 Å². The van der Waals surface area contributed by atoms with E-state index < -0.39 is 0 Å². The normalized spacial score (nSPS) is 9.20. The molecule has 1 nitrogen and oxygen atoms in total. The molecule has 0 aliphatic heterocycles. The molecule has 0 bridgehead atoms. The molecule has 0 aromatic heterocycles. The van der Waals surface area contributed by atoms with E-state index in [1.54, 1.807) is 12.1 Å². The van der Waals surface area contributed by atoms with Crippen LogP contribution >= 0.6 is 0 Å². The Balaban J connectivity index is 3.15. The van der Waals surface area contributed by atoms with Crippen LogP contribution in [0.15, 0.2) is 24.3 Å². The number of phenolic OH excluding ortho intramolecular Hbond substituents is 1. The van der Waals surface area contributed by atoms with Crippen LogP contribution in [0, 0.1) is 0 Å². The third kappa shape index (κ3) is 1.71. The summed E-state index contributed by atoms with van der Waals surface area (Å²) in [5.41, 5.74) is 0.822. The fourth-order valence-corrected chi connectivity index (χ4v) is 1.37. The Bertz CT molecular complexity index is 258. The second-order valence-electron chi connectivity index (χ2n) is 1.80. The number of phenols is 1. The standard InChI is InChI=1S/C7H5OSe2/c8-6-4-2-1-3-5(6)7(9)10/h1-4,8H. The van der Waals surface area contributed by atoms with Crippen LogP contribution < -0.4 is 0 Å². The Kier molecular flexibility index (Phi) is 2.70. The maximum atomic E-state index is 9.22. The number of hydrogen-bond acceptors (Lipinski definition) is 1. The molecule has 1 radical (unpaired) electrons. The van der Waals surface area contributed by atoms with E-state index in [0.717, 1.165) is 8.88 Å². The van der Waals surface area contributed by atoms with Gasteiger partial charge in [0, 0.05) is 0 Å². The van der Waals surface area contributed by atoms with Crippen LogP contribution in [0.1, 0.15) is 5.56 Å². The van der Waals surface area contributed by atoms with Gasteiger partial charge in [-0.3, -0.25) is 0 Å². The summed E-state index contributed by atoms with van der Waals surface area (Å²) in [6, 6.07) is 7.17. The van der Waals surface area contributed by atoms with E-state index in [2.05, 4.69) is 31.6 Å². The first-order valence-corrected chi connectivity index (χ1v) is 4.42. The third-order valence-electron chi connectivity index (χ3n) is 1.12.